The molecule has 0 spiro atoms. The van der Waals surface area contributed by atoms with Crippen molar-refractivity contribution in [2.75, 3.05) is 32.6 Å². The third-order valence-electron chi connectivity index (χ3n) is 4.97. The smallest absolute Gasteiger partial charge is 0.220 e. The molecule has 8 heteroatoms. The number of carbonyl (C=O) groups is 1. The molecule has 1 aromatic carbocycles. The number of aromatic amines is 1. The Morgan fingerprint density at radius 3 is 2.78 bits per heavy atom. The van der Waals surface area contributed by atoms with Crippen LogP contribution in [0.5, 0.6) is 0 Å². The summed E-state index contributed by atoms with van der Waals surface area (Å²) in [5, 5.41) is 3.98. The fraction of sp³-hybridized carbons (Fsp3) is 0.526. The molecule has 1 amide bonds. The number of aryl methyl sites for hydroxylation is 1. The molecule has 1 aromatic heterocycles. The summed E-state index contributed by atoms with van der Waals surface area (Å²) in [5.74, 6) is -0.0688. The second kappa shape index (κ2) is 8.86. The molecule has 27 heavy (non-hydrogen) atoms. The van der Waals surface area contributed by atoms with Gasteiger partial charge in [0.15, 0.2) is 0 Å². The largest absolute Gasteiger partial charge is 0.381 e. The van der Waals surface area contributed by atoms with Crippen molar-refractivity contribution in [3.63, 3.8) is 0 Å². The minimum Gasteiger partial charge on any atom is -0.381 e. The van der Waals surface area contributed by atoms with Gasteiger partial charge in [0.25, 0.3) is 0 Å². The van der Waals surface area contributed by atoms with Crippen LogP contribution < -0.4 is 5.32 Å². The maximum Gasteiger partial charge on any atom is 0.220 e. The minimum absolute atomic E-state index is 0.0446. The molecule has 0 radical (unpaired) electrons. The lowest BCUT2D eigenvalue weighted by molar-refractivity contribution is -0.121. The number of para-hydroxylation sites is 1. The molecule has 0 aliphatic carbocycles. The highest BCUT2D eigenvalue weighted by Crippen LogP contribution is 2.19. The van der Waals surface area contributed by atoms with Crippen LogP contribution in [0.25, 0.3) is 10.9 Å². The van der Waals surface area contributed by atoms with Crippen molar-refractivity contribution < 1.29 is 17.9 Å². The van der Waals surface area contributed by atoms with Crippen LogP contribution in [0.4, 0.5) is 0 Å². The number of H-pyrrole nitrogens is 1. The summed E-state index contributed by atoms with van der Waals surface area (Å²) in [6, 6.07) is 7.96. The van der Waals surface area contributed by atoms with Crippen LogP contribution in [0.2, 0.25) is 0 Å². The number of aromatic nitrogens is 1. The van der Waals surface area contributed by atoms with Crippen molar-refractivity contribution in [3.05, 3.63) is 36.0 Å². The lowest BCUT2D eigenvalue weighted by Crippen LogP contribution is -2.46. The Morgan fingerprint density at radius 1 is 1.30 bits per heavy atom. The first-order valence-electron chi connectivity index (χ1n) is 9.31. The topological polar surface area (TPSA) is 91.5 Å². The Morgan fingerprint density at radius 2 is 2.04 bits per heavy atom. The molecule has 148 valence electrons. The number of nitrogens with zero attached hydrogens (tertiary/aromatic N) is 1. The zero-order valence-corrected chi connectivity index (χ0v) is 16.4. The number of amides is 1. The summed E-state index contributed by atoms with van der Waals surface area (Å²) in [5.41, 5.74) is 2.17. The van der Waals surface area contributed by atoms with Crippen molar-refractivity contribution in [2.24, 2.45) is 0 Å². The summed E-state index contributed by atoms with van der Waals surface area (Å²) in [6.07, 6.45) is 5.57. The van der Waals surface area contributed by atoms with E-state index in [4.69, 9.17) is 4.74 Å². The Kier molecular flexibility index (Phi) is 6.51. The molecule has 1 aliphatic heterocycles. The zero-order chi connectivity index (χ0) is 19.3. The van der Waals surface area contributed by atoms with Gasteiger partial charge in [-0.05, 0) is 30.9 Å². The molecule has 0 unspecified atom stereocenters. The summed E-state index contributed by atoms with van der Waals surface area (Å²) in [4.78, 5) is 15.4. The van der Waals surface area contributed by atoms with E-state index in [2.05, 4.69) is 10.3 Å². The number of sulfonamides is 1. The maximum absolute atomic E-state index is 12.2. The molecule has 1 saturated heterocycles. The first-order chi connectivity index (χ1) is 12.9. The van der Waals surface area contributed by atoms with Crippen LogP contribution in [0.15, 0.2) is 30.5 Å². The predicted octanol–water partition coefficient (Wildman–Crippen LogP) is 1.66. The molecule has 0 atom stereocenters. The highest BCUT2D eigenvalue weighted by molar-refractivity contribution is 7.88. The van der Waals surface area contributed by atoms with E-state index in [0.29, 0.717) is 52.0 Å². The van der Waals surface area contributed by atoms with Crippen LogP contribution in [-0.4, -0.2) is 62.2 Å². The van der Waals surface area contributed by atoms with E-state index in [1.807, 2.05) is 30.5 Å². The monoisotopic (exact) mass is 393 g/mol. The quantitative estimate of drug-likeness (QED) is 0.713. The second-order valence-electron chi connectivity index (χ2n) is 6.93. The van der Waals surface area contributed by atoms with Gasteiger partial charge in [-0.1, -0.05) is 18.2 Å². The fourth-order valence-electron chi connectivity index (χ4n) is 3.57. The molecular formula is C19H27N3O4S. The van der Waals surface area contributed by atoms with Crippen molar-refractivity contribution in [3.8, 4) is 0 Å². The standard InChI is InChI=1S/C19H27N3O4S/c1-27(24,25)22(16-8-12-26-13-9-16)11-10-20-19(23)7-6-15-14-21-18-5-3-2-4-17(15)18/h2-5,14,16,21H,6-13H2,1H3,(H,20,23). The van der Waals surface area contributed by atoms with Crippen molar-refractivity contribution in [1.29, 1.82) is 0 Å². The average molecular weight is 394 g/mol. The summed E-state index contributed by atoms with van der Waals surface area (Å²) in [7, 11) is -3.31. The Bertz CT molecular complexity index is 872. The van der Waals surface area contributed by atoms with E-state index in [-0.39, 0.29) is 11.9 Å². The van der Waals surface area contributed by atoms with Crippen LogP contribution in [0, 0.1) is 0 Å². The van der Waals surface area contributed by atoms with Gasteiger partial charge in [-0.25, -0.2) is 8.42 Å². The highest BCUT2D eigenvalue weighted by Gasteiger charge is 2.28. The van der Waals surface area contributed by atoms with Crippen molar-refractivity contribution in [2.45, 2.75) is 31.7 Å². The third kappa shape index (κ3) is 5.31. The van der Waals surface area contributed by atoms with E-state index in [0.717, 1.165) is 16.5 Å². The molecule has 1 aliphatic rings. The van der Waals surface area contributed by atoms with Gasteiger partial charge in [-0.3, -0.25) is 4.79 Å². The van der Waals surface area contributed by atoms with Crippen LogP contribution in [-0.2, 0) is 26.0 Å². The Balaban J connectivity index is 1.48. The Hall–Kier alpha value is -1.90. The van der Waals surface area contributed by atoms with Gasteiger partial charge in [0.05, 0.1) is 6.26 Å². The average Bonchev–Trinajstić information content (AvgIpc) is 3.06. The van der Waals surface area contributed by atoms with Gasteiger partial charge >= 0.3 is 0 Å². The second-order valence-corrected chi connectivity index (χ2v) is 8.86. The molecule has 3 rings (SSSR count). The molecule has 1 fully saturated rings. The first kappa shape index (κ1) is 19.9. The maximum atomic E-state index is 12.2. The van der Waals surface area contributed by atoms with Gasteiger partial charge in [-0.2, -0.15) is 4.31 Å². The summed E-state index contributed by atoms with van der Waals surface area (Å²) >= 11 is 0. The van der Waals surface area contributed by atoms with Crippen LogP contribution >= 0.6 is 0 Å². The van der Waals surface area contributed by atoms with E-state index < -0.39 is 10.0 Å². The summed E-state index contributed by atoms with van der Waals surface area (Å²) < 4.78 is 31.0. The number of nitrogens with one attached hydrogen (secondary N) is 2. The number of carbonyl (C=O) groups excluding carboxylic acids is 1. The van der Waals surface area contributed by atoms with E-state index in [9.17, 15) is 13.2 Å². The Labute approximate surface area is 160 Å². The first-order valence-corrected chi connectivity index (χ1v) is 11.2. The minimum atomic E-state index is -3.31. The molecule has 7 nitrogen and oxygen atoms in total. The predicted molar refractivity (Wildman–Crippen MR) is 105 cm³/mol. The van der Waals surface area contributed by atoms with E-state index >= 15 is 0 Å². The molecule has 2 aromatic rings. The highest BCUT2D eigenvalue weighted by atomic mass is 32.2. The van der Waals surface area contributed by atoms with Gasteiger partial charge in [-0.15, -0.1) is 0 Å². The van der Waals surface area contributed by atoms with Gasteiger partial charge in [0.2, 0.25) is 15.9 Å². The lowest BCUT2D eigenvalue weighted by atomic mass is 10.1. The SMILES string of the molecule is CS(=O)(=O)N(CCNC(=O)CCc1c[nH]c2ccccc12)C1CCOCC1. The molecule has 0 bridgehead atoms. The third-order valence-corrected chi connectivity index (χ3v) is 6.31. The van der Waals surface area contributed by atoms with Gasteiger partial charge in [0.1, 0.15) is 0 Å². The summed E-state index contributed by atoms with van der Waals surface area (Å²) in [6.45, 7) is 1.76. The van der Waals surface area contributed by atoms with E-state index in [1.54, 1.807) is 0 Å². The number of rotatable bonds is 8. The lowest BCUT2D eigenvalue weighted by Gasteiger charge is -2.32. The fourth-order valence-corrected chi connectivity index (χ4v) is 4.75. The van der Waals surface area contributed by atoms with Gasteiger partial charge < -0.3 is 15.0 Å². The number of ether oxygens (including phenoxy) is 1. The number of benzene rings is 1. The zero-order valence-electron chi connectivity index (χ0n) is 15.6. The van der Waals surface area contributed by atoms with Crippen molar-refractivity contribution >= 4 is 26.8 Å². The number of fused-ring (bicyclic) bond motifs is 1. The number of hydrogen-bond acceptors (Lipinski definition) is 4. The normalized spacial score (nSPS) is 16.1. The molecule has 0 saturated carbocycles. The van der Waals surface area contributed by atoms with Gasteiger partial charge in [0, 0.05) is 55.9 Å². The van der Waals surface area contributed by atoms with Crippen LogP contribution in [0.3, 0.4) is 0 Å². The van der Waals surface area contributed by atoms with Crippen molar-refractivity contribution in [1.82, 2.24) is 14.6 Å². The molecule has 2 N–H and O–H groups in total. The molecular weight excluding hydrogens is 366 g/mol. The van der Waals surface area contributed by atoms with E-state index in [1.165, 1.54) is 10.6 Å². The van der Waals surface area contributed by atoms with Crippen LogP contribution in [0.1, 0.15) is 24.8 Å². The molecule has 2 heterocycles. The number of hydrogen-bond donors (Lipinski definition) is 2.